The molecule has 2 aromatic heterocycles. The van der Waals surface area contributed by atoms with Crippen LogP contribution in [0.1, 0.15) is 5.56 Å². The number of nitrogens with zero attached hydrogens (tertiary/aromatic N) is 5. The summed E-state index contributed by atoms with van der Waals surface area (Å²) in [7, 11) is 1.61. The number of hydrogen-bond acceptors (Lipinski definition) is 6. The van der Waals surface area contributed by atoms with Crippen LogP contribution in [0.2, 0.25) is 0 Å². The van der Waals surface area contributed by atoms with Crippen LogP contribution in [0.4, 0.5) is 5.69 Å². The van der Waals surface area contributed by atoms with E-state index in [4.69, 9.17) is 0 Å². The molecular weight excluding hydrogens is 448 g/mol. The molecule has 0 saturated heterocycles. The Kier molecular flexibility index (Phi) is 7.34. The maximum Gasteiger partial charge on any atom is 0.243 e. The van der Waals surface area contributed by atoms with Gasteiger partial charge in [0.25, 0.3) is 0 Å². The molecule has 2 amide bonds. The molecule has 172 valence electrons. The standard InChI is InChI=1S/C25H24N6O2S/c1-18-8-10-20(11-9-18)27-22(32)16-30(2)23(33)17-34-25-29-28-24(19-12-14-26-15-13-19)31(25)21-6-4-3-5-7-21/h3-15H,16-17H2,1-2H3,(H,27,32). The van der Waals surface area contributed by atoms with E-state index in [9.17, 15) is 9.59 Å². The van der Waals surface area contributed by atoms with Gasteiger partial charge in [0.05, 0.1) is 12.3 Å². The lowest BCUT2D eigenvalue weighted by molar-refractivity contribution is -0.131. The van der Waals surface area contributed by atoms with E-state index in [2.05, 4.69) is 20.5 Å². The van der Waals surface area contributed by atoms with E-state index >= 15 is 0 Å². The normalized spacial score (nSPS) is 10.6. The molecule has 34 heavy (non-hydrogen) atoms. The van der Waals surface area contributed by atoms with Crippen molar-refractivity contribution in [1.29, 1.82) is 0 Å². The van der Waals surface area contributed by atoms with Gasteiger partial charge in [-0.1, -0.05) is 47.7 Å². The highest BCUT2D eigenvalue weighted by molar-refractivity contribution is 7.99. The summed E-state index contributed by atoms with van der Waals surface area (Å²) in [4.78, 5) is 30.5. The number of aromatic nitrogens is 4. The number of amides is 2. The van der Waals surface area contributed by atoms with Crippen molar-refractivity contribution in [3.63, 3.8) is 0 Å². The SMILES string of the molecule is Cc1ccc(NC(=O)CN(C)C(=O)CSc2nnc(-c3ccncc3)n2-c2ccccc2)cc1. The lowest BCUT2D eigenvalue weighted by Gasteiger charge is -2.17. The van der Waals surface area contributed by atoms with Crippen molar-refractivity contribution < 1.29 is 9.59 Å². The summed E-state index contributed by atoms with van der Waals surface area (Å²) in [6.07, 6.45) is 3.40. The van der Waals surface area contributed by atoms with Crippen LogP contribution in [0.25, 0.3) is 17.1 Å². The fourth-order valence-corrected chi connectivity index (χ4v) is 4.13. The van der Waals surface area contributed by atoms with Crippen LogP contribution in [0, 0.1) is 6.92 Å². The van der Waals surface area contributed by atoms with Crippen molar-refractivity contribution >= 4 is 29.3 Å². The Bertz CT molecular complexity index is 1260. The van der Waals surface area contributed by atoms with Gasteiger partial charge < -0.3 is 10.2 Å². The predicted molar refractivity (Wildman–Crippen MR) is 133 cm³/mol. The molecule has 0 aliphatic rings. The molecule has 0 fully saturated rings. The van der Waals surface area contributed by atoms with Crippen LogP contribution in [0.15, 0.2) is 84.3 Å². The molecule has 8 nitrogen and oxygen atoms in total. The zero-order valence-electron chi connectivity index (χ0n) is 18.9. The number of para-hydroxylation sites is 1. The van der Waals surface area contributed by atoms with Crippen molar-refractivity contribution in [2.75, 3.05) is 24.7 Å². The summed E-state index contributed by atoms with van der Waals surface area (Å²) in [6, 6.07) is 21.0. The van der Waals surface area contributed by atoms with Crippen molar-refractivity contribution in [2.24, 2.45) is 0 Å². The Morgan fingerprint density at radius 1 is 0.971 bits per heavy atom. The Morgan fingerprint density at radius 3 is 2.38 bits per heavy atom. The fourth-order valence-electron chi connectivity index (χ4n) is 3.24. The van der Waals surface area contributed by atoms with E-state index in [0.717, 1.165) is 16.8 Å². The zero-order chi connectivity index (χ0) is 23.9. The smallest absolute Gasteiger partial charge is 0.243 e. The number of likely N-dealkylation sites (N-methyl/N-ethyl adjacent to an activating group) is 1. The highest BCUT2D eigenvalue weighted by atomic mass is 32.2. The van der Waals surface area contributed by atoms with E-state index in [1.54, 1.807) is 19.4 Å². The second kappa shape index (κ2) is 10.8. The monoisotopic (exact) mass is 472 g/mol. The third kappa shape index (κ3) is 5.68. The topological polar surface area (TPSA) is 93.0 Å². The number of carbonyl (C=O) groups is 2. The van der Waals surface area contributed by atoms with E-state index < -0.39 is 0 Å². The van der Waals surface area contributed by atoms with Crippen molar-refractivity contribution in [2.45, 2.75) is 12.1 Å². The quantitative estimate of drug-likeness (QED) is 0.392. The van der Waals surface area contributed by atoms with Gasteiger partial charge in [-0.05, 0) is 43.3 Å². The molecule has 2 heterocycles. The van der Waals surface area contributed by atoms with Crippen LogP contribution in [-0.4, -0.2) is 55.8 Å². The summed E-state index contributed by atoms with van der Waals surface area (Å²) in [5, 5.41) is 12.1. The number of pyridine rings is 1. The molecule has 0 aliphatic carbocycles. The minimum Gasteiger partial charge on any atom is -0.336 e. The highest BCUT2D eigenvalue weighted by Gasteiger charge is 2.19. The van der Waals surface area contributed by atoms with Gasteiger partial charge in [-0.2, -0.15) is 0 Å². The van der Waals surface area contributed by atoms with Crippen molar-refractivity contribution in [3.8, 4) is 17.1 Å². The summed E-state index contributed by atoms with van der Waals surface area (Å²) in [6.45, 7) is 1.94. The molecule has 0 bridgehead atoms. The summed E-state index contributed by atoms with van der Waals surface area (Å²) in [5.74, 6) is 0.346. The van der Waals surface area contributed by atoms with E-state index in [1.165, 1.54) is 16.7 Å². The Balaban J connectivity index is 1.43. The summed E-state index contributed by atoms with van der Waals surface area (Å²) < 4.78 is 1.91. The molecule has 0 radical (unpaired) electrons. The molecule has 0 unspecified atom stereocenters. The van der Waals surface area contributed by atoms with E-state index in [-0.39, 0.29) is 24.1 Å². The summed E-state index contributed by atoms with van der Waals surface area (Å²) >= 11 is 1.28. The molecule has 0 saturated carbocycles. The molecule has 0 spiro atoms. The first-order chi connectivity index (χ1) is 16.5. The third-order valence-corrected chi connectivity index (χ3v) is 5.97. The van der Waals surface area contributed by atoms with Gasteiger partial charge in [0.1, 0.15) is 0 Å². The van der Waals surface area contributed by atoms with Crippen LogP contribution in [-0.2, 0) is 9.59 Å². The molecule has 1 N–H and O–H groups in total. The minimum atomic E-state index is -0.253. The number of rotatable bonds is 8. The number of anilines is 1. The molecule has 0 atom stereocenters. The molecule has 2 aromatic carbocycles. The molecule has 0 aliphatic heterocycles. The Hall–Kier alpha value is -3.98. The van der Waals surface area contributed by atoms with Gasteiger partial charge in [-0.25, -0.2) is 0 Å². The molecule has 4 rings (SSSR count). The van der Waals surface area contributed by atoms with Gasteiger partial charge >= 0.3 is 0 Å². The van der Waals surface area contributed by atoms with Crippen molar-refractivity contribution in [1.82, 2.24) is 24.6 Å². The molecule has 9 heteroatoms. The number of aryl methyl sites for hydroxylation is 1. The summed E-state index contributed by atoms with van der Waals surface area (Å²) in [5.41, 5.74) is 3.57. The minimum absolute atomic E-state index is 0.0408. The van der Waals surface area contributed by atoms with Crippen LogP contribution in [0.3, 0.4) is 0 Å². The lowest BCUT2D eigenvalue weighted by Crippen LogP contribution is -2.36. The molecular formula is C25H24N6O2S. The average Bonchev–Trinajstić information content (AvgIpc) is 3.29. The van der Waals surface area contributed by atoms with E-state index in [1.807, 2.05) is 78.2 Å². The number of benzene rings is 2. The first-order valence-corrected chi connectivity index (χ1v) is 11.6. The maximum atomic E-state index is 12.7. The first kappa shape index (κ1) is 23.2. The van der Waals surface area contributed by atoms with Gasteiger partial charge in [0.2, 0.25) is 11.8 Å². The van der Waals surface area contributed by atoms with Crippen molar-refractivity contribution in [3.05, 3.63) is 84.7 Å². The van der Waals surface area contributed by atoms with Gasteiger partial charge in [-0.3, -0.25) is 19.1 Å². The van der Waals surface area contributed by atoms with E-state index in [0.29, 0.717) is 16.7 Å². The zero-order valence-corrected chi connectivity index (χ0v) is 19.7. The largest absolute Gasteiger partial charge is 0.336 e. The highest BCUT2D eigenvalue weighted by Crippen LogP contribution is 2.27. The number of nitrogens with one attached hydrogen (secondary N) is 1. The second-order valence-electron chi connectivity index (χ2n) is 7.67. The second-order valence-corrected chi connectivity index (χ2v) is 8.61. The number of carbonyl (C=O) groups excluding carboxylic acids is 2. The number of hydrogen-bond donors (Lipinski definition) is 1. The van der Waals surface area contributed by atoms with Crippen LogP contribution >= 0.6 is 11.8 Å². The fraction of sp³-hybridized carbons (Fsp3) is 0.160. The van der Waals surface area contributed by atoms with Gasteiger partial charge in [0, 0.05) is 36.4 Å². The molecule has 4 aromatic rings. The lowest BCUT2D eigenvalue weighted by atomic mass is 10.2. The Morgan fingerprint density at radius 2 is 1.68 bits per heavy atom. The first-order valence-electron chi connectivity index (χ1n) is 10.7. The number of thioether (sulfide) groups is 1. The maximum absolute atomic E-state index is 12.7. The van der Waals surface area contributed by atoms with Gasteiger partial charge in [0.15, 0.2) is 11.0 Å². The Labute approximate surface area is 202 Å². The van der Waals surface area contributed by atoms with Crippen LogP contribution < -0.4 is 5.32 Å². The third-order valence-electron chi connectivity index (χ3n) is 5.05. The predicted octanol–water partition coefficient (Wildman–Crippen LogP) is 3.83. The van der Waals surface area contributed by atoms with Crippen LogP contribution in [0.5, 0.6) is 0 Å². The van der Waals surface area contributed by atoms with Gasteiger partial charge in [-0.15, -0.1) is 10.2 Å². The average molecular weight is 473 g/mol.